The number of benzene rings is 3. The molecule has 1 unspecified atom stereocenters. The number of carbonyl (C=O) groups is 4. The van der Waals surface area contributed by atoms with Gasteiger partial charge in [-0.2, -0.15) is 0 Å². The van der Waals surface area contributed by atoms with Gasteiger partial charge in [0.2, 0.25) is 5.91 Å². The topological polar surface area (TPSA) is 108 Å². The van der Waals surface area contributed by atoms with Crippen LogP contribution in [0, 0.1) is 0 Å². The largest absolute Gasteiger partial charge is 0.350 e. The van der Waals surface area contributed by atoms with E-state index >= 15 is 0 Å². The van der Waals surface area contributed by atoms with Gasteiger partial charge >= 0.3 is 0 Å². The lowest BCUT2D eigenvalue weighted by molar-refractivity contribution is -0.125. The van der Waals surface area contributed by atoms with E-state index in [0.717, 1.165) is 16.0 Å². The molecule has 38 heavy (non-hydrogen) atoms. The molecular weight excluding hydrogens is 480 g/mol. The van der Waals surface area contributed by atoms with Crippen LogP contribution in [-0.4, -0.2) is 39.6 Å². The average molecular weight is 505 g/mol. The van der Waals surface area contributed by atoms with Gasteiger partial charge < -0.3 is 10.6 Å². The van der Waals surface area contributed by atoms with Crippen LogP contribution in [0.25, 0.3) is 0 Å². The Morgan fingerprint density at radius 2 is 1.47 bits per heavy atom. The second-order valence-electron chi connectivity index (χ2n) is 8.85. The van der Waals surface area contributed by atoms with Gasteiger partial charge in [0, 0.05) is 31.0 Å². The molecular formula is C30H24N4O4. The lowest BCUT2D eigenvalue weighted by atomic mass is 10.0. The first-order valence-electron chi connectivity index (χ1n) is 12.1. The molecule has 0 saturated heterocycles. The number of amides is 4. The van der Waals surface area contributed by atoms with Gasteiger partial charge in [-0.05, 0) is 47.5 Å². The minimum Gasteiger partial charge on any atom is -0.350 e. The highest BCUT2D eigenvalue weighted by Gasteiger charge is 2.42. The number of imide groups is 1. The molecule has 0 fully saturated rings. The molecule has 2 heterocycles. The van der Waals surface area contributed by atoms with E-state index in [0.29, 0.717) is 22.4 Å². The summed E-state index contributed by atoms with van der Waals surface area (Å²) in [6, 6.07) is 25.2. The summed E-state index contributed by atoms with van der Waals surface area (Å²) in [4.78, 5) is 57.3. The van der Waals surface area contributed by atoms with Crippen LogP contribution in [0.2, 0.25) is 0 Å². The molecule has 4 aromatic rings. The lowest BCUT2D eigenvalue weighted by Gasteiger charge is -2.25. The van der Waals surface area contributed by atoms with Crippen molar-refractivity contribution in [3.8, 4) is 0 Å². The van der Waals surface area contributed by atoms with Crippen molar-refractivity contribution in [3.05, 3.63) is 131 Å². The Kier molecular flexibility index (Phi) is 7.04. The summed E-state index contributed by atoms with van der Waals surface area (Å²) in [5.74, 6) is -1.72. The number of nitrogens with one attached hydrogen (secondary N) is 2. The molecule has 0 aliphatic carbocycles. The maximum atomic E-state index is 13.5. The molecule has 3 aromatic carbocycles. The fourth-order valence-corrected chi connectivity index (χ4v) is 4.40. The third kappa shape index (κ3) is 5.19. The van der Waals surface area contributed by atoms with Crippen molar-refractivity contribution in [2.45, 2.75) is 19.0 Å². The van der Waals surface area contributed by atoms with Gasteiger partial charge in [0.15, 0.2) is 0 Å². The van der Waals surface area contributed by atoms with E-state index in [1.54, 1.807) is 60.8 Å². The number of hydrogen-bond acceptors (Lipinski definition) is 5. The van der Waals surface area contributed by atoms with E-state index in [2.05, 4.69) is 15.6 Å². The van der Waals surface area contributed by atoms with Gasteiger partial charge in [0.25, 0.3) is 17.7 Å². The number of nitrogens with zero attached hydrogens (tertiary/aromatic N) is 2. The standard InChI is InChI=1S/C30H24N4O4/c35-27(22-11-7-15-31-19-22)33-23-12-6-10-21(16-23)18-32-28(36)26(17-20-8-2-1-3-9-20)34-29(37)24-13-4-5-14-25(24)30(34)38/h1-16,19,26H,17-18H2,(H,32,36)(H,33,35). The fourth-order valence-electron chi connectivity index (χ4n) is 4.40. The Morgan fingerprint density at radius 1 is 0.789 bits per heavy atom. The second-order valence-corrected chi connectivity index (χ2v) is 8.85. The highest BCUT2D eigenvalue weighted by Crippen LogP contribution is 2.26. The zero-order chi connectivity index (χ0) is 26.5. The predicted octanol–water partition coefficient (Wildman–Crippen LogP) is 3.86. The Balaban J connectivity index is 1.32. The molecule has 8 heteroatoms. The van der Waals surface area contributed by atoms with E-state index in [4.69, 9.17) is 0 Å². The summed E-state index contributed by atoms with van der Waals surface area (Å²) in [7, 11) is 0. The fraction of sp³-hybridized carbons (Fsp3) is 0.100. The van der Waals surface area contributed by atoms with Crippen molar-refractivity contribution in [1.82, 2.24) is 15.2 Å². The monoisotopic (exact) mass is 504 g/mol. The van der Waals surface area contributed by atoms with Crippen molar-refractivity contribution >= 4 is 29.3 Å². The lowest BCUT2D eigenvalue weighted by Crippen LogP contribution is -2.50. The number of hydrogen-bond donors (Lipinski definition) is 2. The van der Waals surface area contributed by atoms with Crippen molar-refractivity contribution in [1.29, 1.82) is 0 Å². The molecule has 1 aliphatic heterocycles. The second kappa shape index (κ2) is 10.9. The van der Waals surface area contributed by atoms with Crippen LogP contribution < -0.4 is 10.6 Å². The molecule has 188 valence electrons. The van der Waals surface area contributed by atoms with Crippen LogP contribution in [0.4, 0.5) is 5.69 Å². The van der Waals surface area contributed by atoms with Gasteiger partial charge in [0.05, 0.1) is 16.7 Å². The van der Waals surface area contributed by atoms with E-state index < -0.39 is 23.8 Å². The van der Waals surface area contributed by atoms with Crippen molar-refractivity contribution in [3.63, 3.8) is 0 Å². The minimum atomic E-state index is -1.03. The maximum Gasteiger partial charge on any atom is 0.262 e. The Hall–Kier alpha value is -5.11. The van der Waals surface area contributed by atoms with Crippen molar-refractivity contribution < 1.29 is 19.2 Å². The molecule has 0 spiro atoms. The van der Waals surface area contributed by atoms with E-state index in [9.17, 15) is 19.2 Å². The molecule has 1 aliphatic rings. The van der Waals surface area contributed by atoms with Crippen LogP contribution >= 0.6 is 0 Å². The van der Waals surface area contributed by atoms with Crippen LogP contribution in [0.5, 0.6) is 0 Å². The maximum absolute atomic E-state index is 13.5. The average Bonchev–Trinajstić information content (AvgIpc) is 3.21. The van der Waals surface area contributed by atoms with Crippen molar-refractivity contribution in [2.75, 3.05) is 5.32 Å². The van der Waals surface area contributed by atoms with E-state index in [1.807, 2.05) is 36.4 Å². The number of aromatic nitrogens is 1. The van der Waals surface area contributed by atoms with Crippen molar-refractivity contribution in [2.24, 2.45) is 0 Å². The summed E-state index contributed by atoms with van der Waals surface area (Å²) in [5, 5.41) is 5.69. The first kappa shape index (κ1) is 24.6. The minimum absolute atomic E-state index is 0.143. The quantitative estimate of drug-likeness (QED) is 0.354. The number of anilines is 1. The third-order valence-electron chi connectivity index (χ3n) is 6.29. The van der Waals surface area contributed by atoms with Gasteiger partial charge in [-0.3, -0.25) is 29.1 Å². The summed E-state index contributed by atoms with van der Waals surface area (Å²) in [6.45, 7) is 0.143. The highest BCUT2D eigenvalue weighted by molar-refractivity contribution is 6.22. The zero-order valence-corrected chi connectivity index (χ0v) is 20.3. The van der Waals surface area contributed by atoms with E-state index in [1.165, 1.54) is 6.20 Å². The molecule has 0 bridgehead atoms. The number of carbonyl (C=O) groups excluding carboxylic acids is 4. The Bertz CT molecular complexity index is 1470. The molecule has 0 saturated carbocycles. The highest BCUT2D eigenvalue weighted by atomic mass is 16.2. The molecule has 5 rings (SSSR count). The van der Waals surface area contributed by atoms with Crippen LogP contribution in [0.15, 0.2) is 103 Å². The molecule has 0 radical (unpaired) electrons. The van der Waals surface area contributed by atoms with E-state index in [-0.39, 0.29) is 18.9 Å². The molecule has 8 nitrogen and oxygen atoms in total. The molecule has 2 N–H and O–H groups in total. The number of fused-ring (bicyclic) bond motifs is 1. The van der Waals surface area contributed by atoms with Gasteiger partial charge in [-0.15, -0.1) is 0 Å². The number of pyridine rings is 1. The summed E-state index contributed by atoms with van der Waals surface area (Å²) in [6.07, 6.45) is 3.25. The zero-order valence-electron chi connectivity index (χ0n) is 20.3. The van der Waals surface area contributed by atoms with Crippen LogP contribution in [-0.2, 0) is 17.8 Å². The Morgan fingerprint density at radius 3 is 2.16 bits per heavy atom. The van der Waals surface area contributed by atoms with Crippen LogP contribution in [0.3, 0.4) is 0 Å². The Labute approximate surface area is 219 Å². The number of rotatable bonds is 8. The summed E-state index contributed by atoms with van der Waals surface area (Å²) >= 11 is 0. The first-order chi connectivity index (χ1) is 18.5. The normalized spacial score (nSPS) is 13.1. The smallest absolute Gasteiger partial charge is 0.262 e. The SMILES string of the molecule is O=C(Nc1cccc(CNC(=O)C(Cc2ccccc2)N2C(=O)c3ccccc3C2=O)c1)c1cccnc1. The predicted molar refractivity (Wildman–Crippen MR) is 141 cm³/mol. The van der Waals surface area contributed by atoms with Gasteiger partial charge in [-0.1, -0.05) is 54.6 Å². The first-order valence-corrected chi connectivity index (χ1v) is 12.1. The van der Waals surface area contributed by atoms with Crippen LogP contribution in [0.1, 0.15) is 42.2 Å². The molecule has 4 amide bonds. The third-order valence-corrected chi connectivity index (χ3v) is 6.29. The van der Waals surface area contributed by atoms with Gasteiger partial charge in [-0.25, -0.2) is 0 Å². The summed E-state index contributed by atoms with van der Waals surface area (Å²) < 4.78 is 0. The molecule has 1 aromatic heterocycles. The molecule has 1 atom stereocenters. The summed E-state index contributed by atoms with van der Waals surface area (Å²) in [5.41, 5.74) is 3.14. The van der Waals surface area contributed by atoms with Gasteiger partial charge in [0.1, 0.15) is 6.04 Å².